The lowest BCUT2D eigenvalue weighted by molar-refractivity contribution is 0.0972. The Morgan fingerprint density at radius 3 is 2.52 bits per heavy atom. The molecule has 0 saturated carbocycles. The Morgan fingerprint density at radius 2 is 1.70 bits per heavy atom. The highest BCUT2D eigenvalue weighted by atomic mass is 35.5. The van der Waals surface area contributed by atoms with Gasteiger partial charge in [0, 0.05) is 11.1 Å². The van der Waals surface area contributed by atoms with E-state index in [4.69, 9.17) is 11.6 Å². The summed E-state index contributed by atoms with van der Waals surface area (Å²) in [6, 6.07) is 23.0. The smallest absolute Gasteiger partial charge is 0.269 e. The average Bonchev–Trinajstić information content (AvgIpc) is 3.02. The topological polar surface area (TPSA) is 39.1 Å². The third-order valence-corrected chi connectivity index (χ3v) is 5.31. The maximum absolute atomic E-state index is 12.6. The van der Waals surface area contributed by atoms with Crippen molar-refractivity contribution < 1.29 is 4.79 Å². The Balaban J connectivity index is 1.65. The highest BCUT2D eigenvalue weighted by Crippen LogP contribution is 2.23. The van der Waals surface area contributed by atoms with Gasteiger partial charge in [-0.3, -0.25) is 9.59 Å². The Kier molecular flexibility index (Phi) is 4.75. The number of nitrogens with zero attached hydrogens (tertiary/aromatic N) is 1. The lowest BCUT2D eigenvalue weighted by Crippen LogP contribution is -2.19. The lowest BCUT2D eigenvalue weighted by Gasteiger charge is -2.03. The summed E-state index contributed by atoms with van der Waals surface area (Å²) in [6.07, 6.45) is 3.15. The zero-order valence-corrected chi connectivity index (χ0v) is 15.7. The van der Waals surface area contributed by atoms with Crippen LogP contribution in [0, 0.1) is 0 Å². The van der Waals surface area contributed by atoms with Gasteiger partial charge in [0.1, 0.15) is 0 Å². The highest BCUT2D eigenvalue weighted by Gasteiger charge is 2.12. The van der Waals surface area contributed by atoms with Gasteiger partial charge in [-0.25, -0.2) is 4.57 Å². The van der Waals surface area contributed by atoms with E-state index in [9.17, 15) is 9.59 Å². The van der Waals surface area contributed by atoms with Crippen LogP contribution in [0.5, 0.6) is 0 Å². The monoisotopic (exact) mass is 391 g/mol. The third kappa shape index (κ3) is 3.63. The van der Waals surface area contributed by atoms with Crippen molar-refractivity contribution in [3.8, 4) is 11.1 Å². The van der Waals surface area contributed by atoms with E-state index in [1.807, 2.05) is 54.6 Å². The molecule has 0 aliphatic rings. The van der Waals surface area contributed by atoms with E-state index < -0.39 is 0 Å². The van der Waals surface area contributed by atoms with Gasteiger partial charge in [-0.2, -0.15) is 0 Å². The van der Waals surface area contributed by atoms with Gasteiger partial charge in [-0.05, 0) is 47.0 Å². The Labute approximate surface area is 164 Å². The Morgan fingerprint density at radius 1 is 0.926 bits per heavy atom. The molecule has 3 nitrogen and oxygen atoms in total. The first-order valence-corrected chi connectivity index (χ1v) is 9.50. The first-order chi connectivity index (χ1) is 13.1. The van der Waals surface area contributed by atoms with Crippen LogP contribution in [0.2, 0.25) is 5.02 Å². The van der Waals surface area contributed by atoms with Crippen molar-refractivity contribution in [2.45, 2.75) is 0 Å². The van der Waals surface area contributed by atoms with Crippen LogP contribution in [0.1, 0.15) is 10.4 Å². The number of benzene rings is 3. The number of carbonyl (C=O) groups is 1. The molecule has 0 atom stereocenters. The van der Waals surface area contributed by atoms with Crippen LogP contribution < -0.4 is 4.87 Å². The Hall–Kier alpha value is -2.95. The molecule has 132 valence electrons. The molecule has 0 unspecified atom stereocenters. The van der Waals surface area contributed by atoms with E-state index in [-0.39, 0.29) is 10.8 Å². The van der Waals surface area contributed by atoms with Gasteiger partial charge < -0.3 is 0 Å². The van der Waals surface area contributed by atoms with Gasteiger partial charge in [0.15, 0.2) is 0 Å². The standard InChI is InChI=1S/C22H14ClNO2S/c23-18-10-11-19-20(14-18)27-22(26)24(19)21(25)12-9-15-5-4-8-17(13-15)16-6-2-1-3-7-16/h1-14H/b12-9+. The summed E-state index contributed by atoms with van der Waals surface area (Å²) in [5.74, 6) is -0.376. The fourth-order valence-electron chi connectivity index (χ4n) is 2.90. The minimum atomic E-state index is -0.376. The minimum Gasteiger partial charge on any atom is -0.269 e. The fourth-order valence-corrected chi connectivity index (χ4v) is 4.05. The molecule has 4 aromatic rings. The largest absolute Gasteiger partial charge is 0.315 e. The van der Waals surface area contributed by atoms with Crippen molar-refractivity contribution in [3.05, 3.63) is 99.1 Å². The molecular weight excluding hydrogens is 378 g/mol. The summed E-state index contributed by atoms with van der Waals surface area (Å²) in [7, 11) is 0. The van der Waals surface area contributed by atoms with Crippen molar-refractivity contribution >= 4 is 45.1 Å². The van der Waals surface area contributed by atoms with E-state index in [2.05, 4.69) is 0 Å². The number of hydrogen-bond acceptors (Lipinski definition) is 3. The molecule has 0 radical (unpaired) electrons. The zero-order valence-electron chi connectivity index (χ0n) is 14.1. The number of fused-ring (bicyclic) bond motifs is 1. The number of halogens is 1. The maximum Gasteiger partial charge on any atom is 0.315 e. The Bertz CT molecular complexity index is 1220. The highest BCUT2D eigenvalue weighted by molar-refractivity contribution is 7.16. The summed E-state index contributed by atoms with van der Waals surface area (Å²) in [5.41, 5.74) is 3.64. The van der Waals surface area contributed by atoms with Gasteiger partial charge in [0.25, 0.3) is 5.91 Å². The number of thiazole rings is 1. The van der Waals surface area contributed by atoms with Crippen LogP contribution in [0.3, 0.4) is 0 Å². The van der Waals surface area contributed by atoms with Crippen molar-refractivity contribution in [1.29, 1.82) is 0 Å². The van der Waals surface area contributed by atoms with Gasteiger partial charge in [-0.15, -0.1) is 0 Å². The van der Waals surface area contributed by atoms with E-state index >= 15 is 0 Å². The molecular formula is C22H14ClNO2S. The molecule has 0 aliphatic heterocycles. The second-order valence-electron chi connectivity index (χ2n) is 5.98. The van der Waals surface area contributed by atoms with Crippen molar-refractivity contribution in [3.63, 3.8) is 0 Å². The molecule has 0 fully saturated rings. The average molecular weight is 392 g/mol. The van der Waals surface area contributed by atoms with Crippen molar-refractivity contribution in [2.24, 2.45) is 0 Å². The van der Waals surface area contributed by atoms with Crippen LogP contribution in [0.25, 0.3) is 27.4 Å². The van der Waals surface area contributed by atoms with Crippen molar-refractivity contribution in [1.82, 2.24) is 4.57 Å². The SMILES string of the molecule is O=C(/C=C/c1cccc(-c2ccccc2)c1)n1c(=O)sc2cc(Cl)ccc21. The quantitative estimate of drug-likeness (QED) is 0.418. The number of rotatable bonds is 3. The molecule has 27 heavy (non-hydrogen) atoms. The predicted octanol–water partition coefficient (Wildman–Crippen LogP) is 5.74. The summed E-state index contributed by atoms with van der Waals surface area (Å²) >= 11 is 6.97. The summed E-state index contributed by atoms with van der Waals surface area (Å²) in [4.78, 5) is 24.5. The van der Waals surface area contributed by atoms with Crippen LogP contribution >= 0.6 is 22.9 Å². The fraction of sp³-hybridized carbons (Fsp3) is 0. The molecule has 0 spiro atoms. The number of carbonyl (C=O) groups excluding carboxylic acids is 1. The molecule has 0 N–H and O–H groups in total. The number of aromatic nitrogens is 1. The van der Waals surface area contributed by atoms with E-state index in [0.717, 1.165) is 28.0 Å². The van der Waals surface area contributed by atoms with Crippen molar-refractivity contribution in [2.75, 3.05) is 0 Å². The summed E-state index contributed by atoms with van der Waals surface area (Å²) < 4.78 is 1.87. The van der Waals surface area contributed by atoms with Gasteiger partial charge in [0.2, 0.25) is 0 Å². The number of allylic oxidation sites excluding steroid dienone is 1. The molecule has 4 rings (SSSR count). The van der Waals surface area contributed by atoms with E-state index in [1.54, 1.807) is 24.3 Å². The molecule has 0 bridgehead atoms. The van der Waals surface area contributed by atoms with Crippen LogP contribution in [0.15, 0.2) is 83.7 Å². The zero-order chi connectivity index (χ0) is 18.8. The van der Waals surface area contributed by atoms with Gasteiger partial charge in [-0.1, -0.05) is 71.5 Å². The second kappa shape index (κ2) is 7.35. The molecule has 1 aromatic heterocycles. The molecule has 3 aromatic carbocycles. The first kappa shape index (κ1) is 17.5. The maximum atomic E-state index is 12.6. The molecule has 0 aliphatic carbocycles. The predicted molar refractivity (Wildman–Crippen MR) is 113 cm³/mol. The summed E-state index contributed by atoms with van der Waals surface area (Å²) in [6.45, 7) is 0. The minimum absolute atomic E-state index is 0.319. The van der Waals surface area contributed by atoms with Crippen LogP contribution in [0.4, 0.5) is 0 Å². The van der Waals surface area contributed by atoms with Crippen LogP contribution in [-0.4, -0.2) is 10.5 Å². The van der Waals surface area contributed by atoms with E-state index in [0.29, 0.717) is 15.2 Å². The van der Waals surface area contributed by atoms with E-state index in [1.165, 1.54) is 10.6 Å². The molecule has 5 heteroatoms. The molecule has 0 amide bonds. The van der Waals surface area contributed by atoms with Gasteiger partial charge in [0.05, 0.1) is 10.2 Å². The molecule has 0 saturated heterocycles. The summed E-state index contributed by atoms with van der Waals surface area (Å²) in [5, 5.41) is 0.539. The second-order valence-corrected chi connectivity index (χ2v) is 7.41. The number of hydrogen-bond donors (Lipinski definition) is 0. The molecule has 1 heterocycles. The van der Waals surface area contributed by atoms with Gasteiger partial charge >= 0.3 is 4.87 Å². The normalized spacial score (nSPS) is 11.3. The lowest BCUT2D eigenvalue weighted by atomic mass is 10.0. The van der Waals surface area contributed by atoms with Crippen LogP contribution in [-0.2, 0) is 0 Å². The first-order valence-electron chi connectivity index (χ1n) is 8.31. The third-order valence-electron chi connectivity index (χ3n) is 4.18.